The van der Waals surface area contributed by atoms with E-state index in [4.69, 9.17) is 9.84 Å². The van der Waals surface area contributed by atoms with E-state index >= 15 is 0 Å². The van der Waals surface area contributed by atoms with Crippen molar-refractivity contribution in [1.29, 1.82) is 0 Å². The van der Waals surface area contributed by atoms with E-state index in [1.807, 2.05) is 31.2 Å². The zero-order valence-electron chi connectivity index (χ0n) is 19.5. The Morgan fingerprint density at radius 3 is 2.29 bits per heavy atom. The monoisotopic (exact) mass is 464 g/mol. The minimum Gasteiger partial charge on any atom is -0.481 e. The minimum absolute atomic E-state index is 0.00325. The summed E-state index contributed by atoms with van der Waals surface area (Å²) in [6, 6.07) is 15.9. The summed E-state index contributed by atoms with van der Waals surface area (Å²) in [7, 11) is 0. The fourth-order valence-electron chi connectivity index (χ4n) is 5.30. The number of hydrogen-bond donors (Lipinski definition) is 3. The summed E-state index contributed by atoms with van der Waals surface area (Å²) >= 11 is 0. The Labute approximate surface area is 199 Å². The van der Waals surface area contributed by atoms with Gasteiger partial charge in [0, 0.05) is 24.4 Å². The quantitative estimate of drug-likeness (QED) is 0.508. The molecule has 0 heterocycles. The number of fused-ring (bicyclic) bond motifs is 3. The third-order valence-electron chi connectivity index (χ3n) is 7.03. The number of carboxylic acids is 1. The van der Waals surface area contributed by atoms with Crippen LogP contribution < -0.4 is 10.6 Å². The summed E-state index contributed by atoms with van der Waals surface area (Å²) in [5, 5.41) is 14.8. The van der Waals surface area contributed by atoms with Gasteiger partial charge in [-0.1, -0.05) is 61.9 Å². The zero-order chi connectivity index (χ0) is 24.1. The minimum atomic E-state index is -0.928. The lowest BCUT2D eigenvalue weighted by molar-refractivity contribution is -0.137. The van der Waals surface area contributed by atoms with Crippen molar-refractivity contribution in [3.8, 4) is 11.1 Å². The van der Waals surface area contributed by atoms with Crippen LogP contribution in [0.2, 0.25) is 0 Å². The Morgan fingerprint density at radius 1 is 1.03 bits per heavy atom. The third kappa shape index (κ3) is 5.41. The number of rotatable bonds is 9. The first-order valence-electron chi connectivity index (χ1n) is 12.1. The molecule has 4 rings (SSSR count). The Balaban J connectivity index is 1.31. The molecule has 3 N–H and O–H groups in total. The number of amides is 2. The molecular weight excluding hydrogens is 432 g/mol. The highest BCUT2D eigenvalue weighted by Crippen LogP contribution is 2.44. The lowest BCUT2D eigenvalue weighted by atomic mass is 9.98. The number of aliphatic carboxylic acids is 1. The standard InChI is InChI=1S/C27H32N2O5/c1-2-18(15-26(31)32)28-25(30)14-17-8-7-13-24(17)29-27(33)34-16-23-21-11-5-3-9-19(21)20-10-4-6-12-22(20)23/h3-6,9-12,17-18,23-24H,2,7-8,13-16H2,1H3,(H,28,30)(H,29,33)(H,31,32). The van der Waals surface area contributed by atoms with Crippen LogP contribution in [0.3, 0.4) is 0 Å². The fourth-order valence-corrected chi connectivity index (χ4v) is 5.30. The van der Waals surface area contributed by atoms with Crippen LogP contribution in [0.1, 0.15) is 62.5 Å². The van der Waals surface area contributed by atoms with E-state index in [0.717, 1.165) is 19.3 Å². The number of ether oxygens (including phenoxy) is 1. The van der Waals surface area contributed by atoms with Gasteiger partial charge in [-0.3, -0.25) is 9.59 Å². The summed E-state index contributed by atoms with van der Waals surface area (Å²) in [5.74, 6) is -1.08. The third-order valence-corrected chi connectivity index (χ3v) is 7.03. The molecule has 0 aromatic heterocycles. The molecule has 3 unspecified atom stereocenters. The average Bonchev–Trinajstić information content (AvgIpc) is 3.38. The Bertz CT molecular complexity index is 1010. The Kier molecular flexibility index (Phi) is 7.50. The molecular formula is C27H32N2O5. The van der Waals surface area contributed by atoms with E-state index < -0.39 is 12.1 Å². The maximum Gasteiger partial charge on any atom is 0.407 e. The van der Waals surface area contributed by atoms with Crippen LogP contribution in [0, 0.1) is 5.92 Å². The largest absolute Gasteiger partial charge is 0.481 e. The van der Waals surface area contributed by atoms with Gasteiger partial charge in [-0.2, -0.15) is 0 Å². The summed E-state index contributed by atoms with van der Waals surface area (Å²) in [5.41, 5.74) is 4.70. The fraction of sp³-hybridized carbons (Fsp3) is 0.444. The number of carbonyl (C=O) groups is 3. The second kappa shape index (κ2) is 10.7. The van der Waals surface area contributed by atoms with Crippen molar-refractivity contribution in [2.75, 3.05) is 6.61 Å². The Morgan fingerprint density at radius 2 is 1.68 bits per heavy atom. The molecule has 7 heteroatoms. The van der Waals surface area contributed by atoms with Crippen molar-refractivity contribution < 1.29 is 24.2 Å². The summed E-state index contributed by atoms with van der Waals surface area (Å²) in [6.07, 6.45) is 2.85. The number of carbonyl (C=O) groups excluding carboxylic acids is 2. The second-order valence-corrected chi connectivity index (χ2v) is 9.24. The van der Waals surface area contributed by atoms with E-state index in [9.17, 15) is 14.4 Å². The first-order valence-corrected chi connectivity index (χ1v) is 12.1. The number of nitrogens with one attached hydrogen (secondary N) is 2. The van der Waals surface area contributed by atoms with E-state index in [2.05, 4.69) is 34.9 Å². The van der Waals surface area contributed by atoms with E-state index in [-0.39, 0.29) is 49.3 Å². The molecule has 7 nitrogen and oxygen atoms in total. The number of benzene rings is 2. The van der Waals surface area contributed by atoms with Gasteiger partial charge in [0.1, 0.15) is 6.61 Å². The molecule has 2 aliphatic rings. The van der Waals surface area contributed by atoms with Crippen molar-refractivity contribution in [3.63, 3.8) is 0 Å². The van der Waals surface area contributed by atoms with Crippen molar-refractivity contribution in [2.45, 2.75) is 63.5 Å². The van der Waals surface area contributed by atoms with Gasteiger partial charge in [0.15, 0.2) is 0 Å². The van der Waals surface area contributed by atoms with Crippen molar-refractivity contribution in [2.24, 2.45) is 5.92 Å². The molecule has 0 bridgehead atoms. The summed E-state index contributed by atoms with van der Waals surface area (Å²) in [6.45, 7) is 2.11. The van der Waals surface area contributed by atoms with Gasteiger partial charge in [-0.05, 0) is 47.4 Å². The average molecular weight is 465 g/mol. The van der Waals surface area contributed by atoms with Gasteiger partial charge < -0.3 is 20.5 Å². The molecule has 2 aliphatic carbocycles. The molecule has 3 atom stereocenters. The highest BCUT2D eigenvalue weighted by atomic mass is 16.5. The predicted molar refractivity (Wildman–Crippen MR) is 128 cm³/mol. The van der Waals surface area contributed by atoms with E-state index in [1.165, 1.54) is 22.3 Å². The first-order chi connectivity index (χ1) is 16.5. The molecule has 180 valence electrons. The predicted octanol–water partition coefficient (Wildman–Crippen LogP) is 4.45. The molecule has 1 fully saturated rings. The molecule has 2 aromatic rings. The molecule has 0 radical (unpaired) electrons. The first kappa shape index (κ1) is 23.8. The van der Waals surface area contributed by atoms with Gasteiger partial charge in [-0.25, -0.2) is 4.79 Å². The van der Waals surface area contributed by atoms with Crippen LogP contribution >= 0.6 is 0 Å². The van der Waals surface area contributed by atoms with Gasteiger partial charge in [0.25, 0.3) is 0 Å². The molecule has 0 saturated heterocycles. The molecule has 34 heavy (non-hydrogen) atoms. The Hall–Kier alpha value is -3.35. The highest BCUT2D eigenvalue weighted by molar-refractivity contribution is 5.79. The van der Waals surface area contributed by atoms with Gasteiger partial charge in [-0.15, -0.1) is 0 Å². The van der Waals surface area contributed by atoms with E-state index in [1.54, 1.807) is 0 Å². The maximum atomic E-state index is 12.7. The van der Waals surface area contributed by atoms with Gasteiger partial charge in [0.05, 0.1) is 6.42 Å². The zero-order valence-corrected chi connectivity index (χ0v) is 19.5. The normalized spacial score (nSPS) is 19.7. The van der Waals surface area contributed by atoms with Crippen LogP contribution in [-0.2, 0) is 14.3 Å². The summed E-state index contributed by atoms with van der Waals surface area (Å²) in [4.78, 5) is 36.1. The topological polar surface area (TPSA) is 105 Å². The van der Waals surface area contributed by atoms with Crippen LogP contribution in [-0.4, -0.2) is 41.8 Å². The number of hydrogen-bond acceptors (Lipinski definition) is 4. The van der Waals surface area contributed by atoms with Crippen LogP contribution in [0.5, 0.6) is 0 Å². The second-order valence-electron chi connectivity index (χ2n) is 9.24. The number of carboxylic acid groups (broad SMARTS) is 1. The lowest BCUT2D eigenvalue weighted by Crippen LogP contribution is -2.42. The smallest absolute Gasteiger partial charge is 0.407 e. The van der Waals surface area contributed by atoms with Crippen molar-refractivity contribution in [1.82, 2.24) is 10.6 Å². The molecule has 0 spiro atoms. The lowest BCUT2D eigenvalue weighted by Gasteiger charge is -2.22. The highest BCUT2D eigenvalue weighted by Gasteiger charge is 2.33. The number of alkyl carbamates (subject to hydrolysis) is 1. The SMILES string of the molecule is CCC(CC(=O)O)NC(=O)CC1CCCC1NC(=O)OCC1c2ccccc2-c2ccccc21. The van der Waals surface area contributed by atoms with E-state index in [0.29, 0.717) is 6.42 Å². The molecule has 0 aliphatic heterocycles. The molecule has 2 aromatic carbocycles. The van der Waals surface area contributed by atoms with Crippen molar-refractivity contribution in [3.05, 3.63) is 59.7 Å². The van der Waals surface area contributed by atoms with Gasteiger partial charge in [0.2, 0.25) is 5.91 Å². The van der Waals surface area contributed by atoms with Crippen LogP contribution in [0.15, 0.2) is 48.5 Å². The van der Waals surface area contributed by atoms with Crippen LogP contribution in [0.25, 0.3) is 11.1 Å². The van der Waals surface area contributed by atoms with Crippen molar-refractivity contribution >= 4 is 18.0 Å². The molecule has 2 amide bonds. The maximum absolute atomic E-state index is 12.7. The van der Waals surface area contributed by atoms with Gasteiger partial charge >= 0.3 is 12.1 Å². The summed E-state index contributed by atoms with van der Waals surface area (Å²) < 4.78 is 5.66. The molecule has 1 saturated carbocycles. The van der Waals surface area contributed by atoms with Crippen LogP contribution in [0.4, 0.5) is 4.79 Å².